The van der Waals surface area contributed by atoms with Crippen molar-refractivity contribution in [3.63, 3.8) is 0 Å². The molecule has 1 aromatic rings. The minimum absolute atomic E-state index is 0.0952. The van der Waals surface area contributed by atoms with Crippen LogP contribution in [0.25, 0.3) is 0 Å². The van der Waals surface area contributed by atoms with Crippen molar-refractivity contribution in [1.82, 2.24) is 15.5 Å². The van der Waals surface area contributed by atoms with Gasteiger partial charge in [0.25, 0.3) is 0 Å². The summed E-state index contributed by atoms with van der Waals surface area (Å²) >= 11 is 0. The number of nitrogens with one attached hydrogen (secondary N) is 2. The van der Waals surface area contributed by atoms with Gasteiger partial charge in [-0.2, -0.15) is 0 Å². The summed E-state index contributed by atoms with van der Waals surface area (Å²) in [5.74, 6) is 1.49. The van der Waals surface area contributed by atoms with Crippen molar-refractivity contribution in [3.8, 4) is 5.75 Å². The molecule has 1 aliphatic rings. The lowest BCUT2D eigenvalue weighted by Gasteiger charge is -2.33. The van der Waals surface area contributed by atoms with Crippen LogP contribution in [-0.2, 0) is 0 Å². The molecule has 0 radical (unpaired) electrons. The Balaban J connectivity index is 1.79. The number of hydrogen-bond acceptors (Lipinski definition) is 3. The lowest BCUT2D eigenvalue weighted by molar-refractivity contribution is 0.177. The van der Waals surface area contributed by atoms with Gasteiger partial charge >= 0.3 is 6.03 Å². The Morgan fingerprint density at radius 3 is 2.54 bits per heavy atom. The van der Waals surface area contributed by atoms with Crippen LogP contribution in [-0.4, -0.2) is 43.7 Å². The zero-order valence-corrected chi connectivity index (χ0v) is 15.3. The van der Waals surface area contributed by atoms with E-state index in [0.29, 0.717) is 5.92 Å². The summed E-state index contributed by atoms with van der Waals surface area (Å²) in [6, 6.07) is 7.85. The average molecular weight is 333 g/mol. The molecule has 1 saturated heterocycles. The zero-order valence-electron chi connectivity index (χ0n) is 15.3. The summed E-state index contributed by atoms with van der Waals surface area (Å²) in [5.41, 5.74) is 0.988. The number of piperidine rings is 1. The Morgan fingerprint density at radius 2 is 1.92 bits per heavy atom. The van der Waals surface area contributed by atoms with E-state index >= 15 is 0 Å². The number of para-hydroxylation sites is 1. The van der Waals surface area contributed by atoms with Gasteiger partial charge in [0.15, 0.2) is 0 Å². The maximum absolute atomic E-state index is 12.3. The first-order chi connectivity index (χ1) is 11.5. The average Bonchev–Trinajstić information content (AvgIpc) is 2.56. The highest BCUT2D eigenvalue weighted by Crippen LogP contribution is 2.24. The summed E-state index contributed by atoms with van der Waals surface area (Å²) in [6.07, 6.45) is 2.03. The number of likely N-dealkylation sites (tertiary alicyclic amines) is 1. The molecule has 1 atom stereocenters. The van der Waals surface area contributed by atoms with Gasteiger partial charge in [-0.15, -0.1) is 0 Å². The number of nitrogens with zero attached hydrogens (tertiary/aromatic N) is 1. The number of amides is 2. The Labute approximate surface area is 145 Å². The molecule has 5 heteroatoms. The molecule has 134 valence electrons. The molecule has 0 spiro atoms. The minimum atomic E-state index is -0.101. The van der Waals surface area contributed by atoms with Crippen LogP contribution < -0.4 is 15.4 Å². The minimum Gasteiger partial charge on any atom is -0.496 e. The first kappa shape index (κ1) is 18.6. The molecule has 0 aliphatic carbocycles. The molecule has 0 bridgehead atoms. The zero-order chi connectivity index (χ0) is 17.5. The topological polar surface area (TPSA) is 53.6 Å². The van der Waals surface area contributed by atoms with E-state index in [4.69, 9.17) is 4.74 Å². The molecular weight excluding hydrogens is 302 g/mol. The van der Waals surface area contributed by atoms with Crippen LogP contribution in [0.15, 0.2) is 24.3 Å². The number of rotatable bonds is 6. The van der Waals surface area contributed by atoms with Gasteiger partial charge in [0, 0.05) is 31.2 Å². The second kappa shape index (κ2) is 8.92. The van der Waals surface area contributed by atoms with Crippen LogP contribution in [0, 0.1) is 5.92 Å². The molecule has 0 unspecified atom stereocenters. The Bertz CT molecular complexity index is 525. The molecule has 24 heavy (non-hydrogen) atoms. The second-order valence-electron chi connectivity index (χ2n) is 7.05. The van der Waals surface area contributed by atoms with Gasteiger partial charge in [-0.25, -0.2) is 4.79 Å². The molecule has 2 rings (SSSR count). The molecule has 2 N–H and O–H groups in total. The monoisotopic (exact) mass is 333 g/mol. The van der Waals surface area contributed by atoms with Crippen molar-refractivity contribution < 1.29 is 9.53 Å². The van der Waals surface area contributed by atoms with Gasteiger partial charge < -0.3 is 20.3 Å². The van der Waals surface area contributed by atoms with Crippen molar-refractivity contribution in [3.05, 3.63) is 29.8 Å². The predicted molar refractivity (Wildman–Crippen MR) is 97.4 cm³/mol. The number of benzene rings is 1. The smallest absolute Gasteiger partial charge is 0.315 e. The lowest BCUT2D eigenvalue weighted by atomic mass is 10.0. The van der Waals surface area contributed by atoms with Crippen LogP contribution in [0.2, 0.25) is 0 Å². The van der Waals surface area contributed by atoms with Crippen LogP contribution in [0.1, 0.15) is 45.2 Å². The summed E-state index contributed by atoms with van der Waals surface area (Å²) in [5, 5.41) is 6.13. The fraction of sp³-hybridized carbons (Fsp3) is 0.632. The van der Waals surface area contributed by atoms with E-state index in [9.17, 15) is 4.79 Å². The molecule has 1 aliphatic heterocycles. The Morgan fingerprint density at radius 1 is 1.25 bits per heavy atom. The number of carbonyl (C=O) groups is 1. The van der Waals surface area contributed by atoms with E-state index in [2.05, 4.69) is 29.4 Å². The summed E-state index contributed by atoms with van der Waals surface area (Å²) < 4.78 is 5.36. The fourth-order valence-corrected chi connectivity index (χ4v) is 3.30. The summed E-state index contributed by atoms with van der Waals surface area (Å²) in [6.45, 7) is 9.73. The molecule has 1 aromatic carbocycles. The fourth-order valence-electron chi connectivity index (χ4n) is 3.30. The third-order valence-electron chi connectivity index (χ3n) is 4.50. The van der Waals surface area contributed by atoms with Gasteiger partial charge in [-0.1, -0.05) is 32.0 Å². The summed E-state index contributed by atoms with van der Waals surface area (Å²) in [4.78, 5) is 14.8. The van der Waals surface area contributed by atoms with E-state index in [-0.39, 0.29) is 18.1 Å². The molecule has 5 nitrogen and oxygen atoms in total. The Kier molecular flexibility index (Phi) is 6.91. The number of carbonyl (C=O) groups excluding carboxylic acids is 1. The van der Waals surface area contributed by atoms with E-state index in [1.807, 2.05) is 31.2 Å². The van der Waals surface area contributed by atoms with Crippen LogP contribution in [0.3, 0.4) is 0 Å². The van der Waals surface area contributed by atoms with Gasteiger partial charge in [0.05, 0.1) is 13.2 Å². The standard InChI is InChI=1S/C19H31N3O2/c1-14(2)13-22-11-9-16(10-12-22)21-19(23)20-15(3)17-7-5-6-8-18(17)24-4/h5-8,14-16H,9-13H2,1-4H3,(H2,20,21,23)/t15-/m1/s1. The van der Waals surface area contributed by atoms with E-state index in [1.165, 1.54) is 0 Å². The van der Waals surface area contributed by atoms with Crippen LogP contribution >= 0.6 is 0 Å². The maximum Gasteiger partial charge on any atom is 0.315 e. The number of methoxy groups -OCH3 is 1. The van der Waals surface area contributed by atoms with Crippen molar-refractivity contribution in [2.75, 3.05) is 26.7 Å². The molecule has 2 amide bonds. The number of ether oxygens (including phenoxy) is 1. The van der Waals surface area contributed by atoms with Crippen molar-refractivity contribution in [1.29, 1.82) is 0 Å². The first-order valence-electron chi connectivity index (χ1n) is 8.92. The van der Waals surface area contributed by atoms with Gasteiger partial charge in [0.2, 0.25) is 0 Å². The van der Waals surface area contributed by atoms with Crippen LogP contribution in [0.5, 0.6) is 5.75 Å². The highest BCUT2D eigenvalue weighted by molar-refractivity contribution is 5.74. The predicted octanol–water partition coefficient (Wildman–Crippen LogP) is 3.18. The number of urea groups is 1. The van der Waals surface area contributed by atoms with Gasteiger partial charge in [-0.3, -0.25) is 0 Å². The van der Waals surface area contributed by atoms with Crippen molar-refractivity contribution >= 4 is 6.03 Å². The maximum atomic E-state index is 12.3. The third kappa shape index (κ3) is 5.41. The molecule has 1 fully saturated rings. The van der Waals surface area contributed by atoms with Crippen molar-refractivity contribution in [2.24, 2.45) is 5.92 Å². The van der Waals surface area contributed by atoms with Crippen molar-refractivity contribution in [2.45, 2.75) is 45.7 Å². The highest BCUT2D eigenvalue weighted by Gasteiger charge is 2.22. The SMILES string of the molecule is COc1ccccc1[C@@H](C)NC(=O)NC1CCN(CC(C)C)CC1. The quantitative estimate of drug-likeness (QED) is 0.841. The van der Waals surface area contributed by atoms with E-state index in [1.54, 1.807) is 7.11 Å². The molecule has 1 heterocycles. The molecule has 0 saturated carbocycles. The molecule has 0 aromatic heterocycles. The first-order valence-corrected chi connectivity index (χ1v) is 8.92. The number of hydrogen-bond donors (Lipinski definition) is 2. The highest BCUT2D eigenvalue weighted by atomic mass is 16.5. The largest absolute Gasteiger partial charge is 0.496 e. The normalized spacial score (nSPS) is 17.5. The second-order valence-corrected chi connectivity index (χ2v) is 7.05. The lowest BCUT2D eigenvalue weighted by Crippen LogP contribution is -2.48. The third-order valence-corrected chi connectivity index (χ3v) is 4.50. The van der Waals surface area contributed by atoms with Gasteiger partial charge in [0.1, 0.15) is 5.75 Å². The molecular formula is C19H31N3O2. The van der Waals surface area contributed by atoms with E-state index in [0.717, 1.165) is 43.8 Å². The van der Waals surface area contributed by atoms with E-state index < -0.39 is 0 Å². The van der Waals surface area contributed by atoms with Gasteiger partial charge in [-0.05, 0) is 31.7 Å². The van der Waals surface area contributed by atoms with Crippen LogP contribution in [0.4, 0.5) is 4.79 Å². The Hall–Kier alpha value is -1.75. The summed E-state index contributed by atoms with van der Waals surface area (Å²) in [7, 11) is 1.65.